The van der Waals surface area contributed by atoms with Crippen molar-refractivity contribution >= 4 is 0 Å². The summed E-state index contributed by atoms with van der Waals surface area (Å²) in [5.74, 6) is 1.12. The second kappa shape index (κ2) is 7.72. The Morgan fingerprint density at radius 1 is 1.41 bits per heavy atom. The molecule has 0 bridgehead atoms. The third-order valence-corrected chi connectivity index (χ3v) is 2.56. The van der Waals surface area contributed by atoms with E-state index in [1.807, 2.05) is 17.9 Å². The summed E-state index contributed by atoms with van der Waals surface area (Å²) in [6.07, 6.45) is 7.82. The van der Waals surface area contributed by atoms with Crippen LogP contribution in [0.1, 0.15) is 50.5 Å². The van der Waals surface area contributed by atoms with Crippen LogP contribution < -0.4 is 9.57 Å². The van der Waals surface area contributed by atoms with Crippen molar-refractivity contribution < 1.29 is 9.57 Å². The molecule has 1 rings (SSSR count). The number of nitriles is 1. The number of imidazole rings is 1. The summed E-state index contributed by atoms with van der Waals surface area (Å²) >= 11 is 0. The van der Waals surface area contributed by atoms with E-state index in [4.69, 9.17) is 10.1 Å². The number of unbranched alkanes of at least 4 members (excludes halogenated alkanes) is 3. The number of nitrogens with zero attached hydrogens (tertiary/aromatic N) is 2. The smallest absolute Gasteiger partial charge is 0.294 e. The van der Waals surface area contributed by atoms with Gasteiger partial charge in [0.15, 0.2) is 6.20 Å². The lowest BCUT2D eigenvalue weighted by Gasteiger charge is -2.00. The maximum Gasteiger partial charge on any atom is 0.294 e. The van der Waals surface area contributed by atoms with Crippen LogP contribution >= 0.6 is 0 Å². The van der Waals surface area contributed by atoms with E-state index in [1.165, 1.54) is 0 Å². The van der Waals surface area contributed by atoms with Crippen molar-refractivity contribution in [3.8, 4) is 6.07 Å². The van der Waals surface area contributed by atoms with Gasteiger partial charge < -0.3 is 4.84 Å². The third kappa shape index (κ3) is 4.90. The van der Waals surface area contributed by atoms with E-state index in [2.05, 4.69) is 18.0 Å². The number of hydrogen-bond donors (Lipinski definition) is 1. The predicted molar refractivity (Wildman–Crippen MR) is 65.2 cm³/mol. The average molecular weight is 236 g/mol. The van der Waals surface area contributed by atoms with Gasteiger partial charge in [0.1, 0.15) is 12.3 Å². The minimum absolute atomic E-state index is 0.663. The molecule has 1 aromatic heterocycles. The molecule has 0 atom stereocenters. The molecular formula is C13H22N3O+. The summed E-state index contributed by atoms with van der Waals surface area (Å²) in [5.41, 5.74) is 1.12. The highest BCUT2D eigenvalue weighted by Gasteiger charge is 2.14. The van der Waals surface area contributed by atoms with Gasteiger partial charge in [-0.2, -0.15) is 5.26 Å². The molecular weight excluding hydrogens is 214 g/mol. The van der Waals surface area contributed by atoms with Crippen LogP contribution in [0, 0.1) is 18.3 Å². The first-order valence-electron chi connectivity index (χ1n) is 6.38. The van der Waals surface area contributed by atoms with Gasteiger partial charge in [0.25, 0.3) is 5.82 Å². The summed E-state index contributed by atoms with van der Waals surface area (Å²) in [7, 11) is 0. The van der Waals surface area contributed by atoms with Crippen LogP contribution in [0.5, 0.6) is 0 Å². The fraction of sp³-hybridized carbons (Fsp3) is 0.692. The number of aromatic amines is 1. The van der Waals surface area contributed by atoms with Crippen LogP contribution in [0.3, 0.4) is 0 Å². The summed E-state index contributed by atoms with van der Waals surface area (Å²) in [4.78, 5) is 8.94. The maximum absolute atomic E-state index is 8.45. The molecule has 4 nitrogen and oxygen atoms in total. The molecule has 0 aliphatic rings. The van der Waals surface area contributed by atoms with Gasteiger partial charge in [-0.1, -0.05) is 13.3 Å². The molecule has 0 aromatic carbocycles. The highest BCUT2D eigenvalue weighted by molar-refractivity contribution is 4.90. The molecule has 17 heavy (non-hydrogen) atoms. The zero-order chi connectivity index (χ0) is 12.5. The van der Waals surface area contributed by atoms with Gasteiger partial charge in [-0.15, -0.1) is 0 Å². The Morgan fingerprint density at radius 2 is 2.24 bits per heavy atom. The number of hydrogen-bond acceptors (Lipinski definition) is 2. The average Bonchev–Trinajstić information content (AvgIpc) is 2.67. The SMILES string of the molecule is CCCO[n+]1cc(C)[nH]c1CCCCCC#N. The lowest BCUT2D eigenvalue weighted by molar-refractivity contribution is -0.895. The Labute approximate surface area is 103 Å². The van der Waals surface area contributed by atoms with Gasteiger partial charge in [0, 0.05) is 13.3 Å². The molecule has 0 aliphatic heterocycles. The van der Waals surface area contributed by atoms with Crippen LogP contribution in [-0.4, -0.2) is 11.6 Å². The first-order valence-corrected chi connectivity index (χ1v) is 6.38. The number of nitrogens with one attached hydrogen (secondary N) is 1. The Balaban J connectivity index is 2.38. The van der Waals surface area contributed by atoms with E-state index in [1.54, 1.807) is 0 Å². The third-order valence-electron chi connectivity index (χ3n) is 2.56. The van der Waals surface area contributed by atoms with E-state index in [-0.39, 0.29) is 0 Å². The van der Waals surface area contributed by atoms with Crippen molar-refractivity contribution in [3.05, 3.63) is 17.7 Å². The molecule has 4 heteroatoms. The molecule has 0 saturated heterocycles. The highest BCUT2D eigenvalue weighted by Crippen LogP contribution is 2.04. The second-order valence-electron chi connectivity index (χ2n) is 4.26. The molecule has 0 saturated carbocycles. The van der Waals surface area contributed by atoms with Crippen molar-refractivity contribution in [1.82, 2.24) is 4.98 Å². The molecule has 0 amide bonds. The van der Waals surface area contributed by atoms with Gasteiger partial charge in [0.05, 0.1) is 12.5 Å². The van der Waals surface area contributed by atoms with E-state index in [0.29, 0.717) is 6.42 Å². The molecule has 0 fully saturated rings. The van der Waals surface area contributed by atoms with Crippen molar-refractivity contribution in [2.45, 2.75) is 52.4 Å². The van der Waals surface area contributed by atoms with Crippen LogP contribution in [-0.2, 0) is 6.42 Å². The van der Waals surface area contributed by atoms with Gasteiger partial charge in [0.2, 0.25) is 0 Å². The first kappa shape index (κ1) is 13.6. The minimum atomic E-state index is 0.663. The summed E-state index contributed by atoms with van der Waals surface area (Å²) < 4.78 is 1.85. The van der Waals surface area contributed by atoms with Gasteiger partial charge in [-0.3, -0.25) is 0 Å². The Hall–Kier alpha value is -1.50. The van der Waals surface area contributed by atoms with Crippen LogP contribution in [0.2, 0.25) is 0 Å². The quantitative estimate of drug-likeness (QED) is 0.555. The number of rotatable bonds is 8. The zero-order valence-electron chi connectivity index (χ0n) is 10.8. The van der Waals surface area contributed by atoms with Crippen LogP contribution in [0.25, 0.3) is 0 Å². The summed E-state index contributed by atoms with van der Waals surface area (Å²) in [6.45, 7) is 4.87. The van der Waals surface area contributed by atoms with Crippen molar-refractivity contribution in [3.63, 3.8) is 0 Å². The predicted octanol–water partition coefficient (Wildman–Crippen LogP) is 2.08. The van der Waals surface area contributed by atoms with Crippen molar-refractivity contribution in [2.24, 2.45) is 0 Å². The van der Waals surface area contributed by atoms with Crippen LogP contribution in [0.15, 0.2) is 6.20 Å². The number of aromatic nitrogens is 2. The van der Waals surface area contributed by atoms with E-state index < -0.39 is 0 Å². The lowest BCUT2D eigenvalue weighted by atomic mass is 10.1. The Kier molecular flexibility index (Phi) is 6.16. The molecule has 1 aromatic rings. The number of H-pyrrole nitrogens is 1. The Bertz CT molecular complexity index is 365. The molecule has 0 spiro atoms. The normalized spacial score (nSPS) is 10.2. The van der Waals surface area contributed by atoms with Gasteiger partial charge in [-0.25, -0.2) is 4.98 Å². The number of aryl methyl sites for hydroxylation is 2. The maximum atomic E-state index is 8.45. The van der Waals surface area contributed by atoms with Crippen LogP contribution in [0.4, 0.5) is 0 Å². The van der Waals surface area contributed by atoms with E-state index >= 15 is 0 Å². The van der Waals surface area contributed by atoms with E-state index in [0.717, 1.165) is 50.2 Å². The second-order valence-corrected chi connectivity index (χ2v) is 4.26. The van der Waals surface area contributed by atoms with Crippen molar-refractivity contribution in [1.29, 1.82) is 5.26 Å². The highest BCUT2D eigenvalue weighted by atomic mass is 16.7. The monoisotopic (exact) mass is 236 g/mol. The molecule has 0 unspecified atom stereocenters. The van der Waals surface area contributed by atoms with Crippen molar-refractivity contribution in [2.75, 3.05) is 6.61 Å². The summed E-state index contributed by atoms with van der Waals surface area (Å²) in [6, 6.07) is 2.17. The fourth-order valence-electron chi connectivity index (χ4n) is 1.72. The van der Waals surface area contributed by atoms with Gasteiger partial charge in [-0.05, 0) is 24.0 Å². The lowest BCUT2D eigenvalue weighted by Crippen LogP contribution is -2.44. The molecule has 0 radical (unpaired) electrons. The molecule has 1 heterocycles. The fourth-order valence-corrected chi connectivity index (χ4v) is 1.72. The van der Waals surface area contributed by atoms with Gasteiger partial charge >= 0.3 is 0 Å². The standard InChI is InChI=1S/C13H21N3O/c1-3-10-17-16-11-12(2)15-13(16)8-6-4-5-7-9-14/h11H,3-8,10H2,1-2H3/p+1. The minimum Gasteiger partial charge on any atom is -0.336 e. The largest absolute Gasteiger partial charge is 0.336 e. The summed E-state index contributed by atoms with van der Waals surface area (Å²) in [5, 5.41) is 8.45. The zero-order valence-corrected chi connectivity index (χ0v) is 10.8. The molecule has 0 aliphatic carbocycles. The van der Waals surface area contributed by atoms with E-state index in [9.17, 15) is 0 Å². The topological polar surface area (TPSA) is 52.7 Å². The Morgan fingerprint density at radius 3 is 2.94 bits per heavy atom. The first-order chi connectivity index (χ1) is 8.27. The molecule has 1 N–H and O–H groups in total. The molecule has 94 valence electrons.